The van der Waals surface area contributed by atoms with Gasteiger partial charge in [-0.05, 0) is 25.1 Å². The van der Waals surface area contributed by atoms with Gasteiger partial charge in [-0.3, -0.25) is 4.79 Å². The number of nitrogens with zero attached hydrogens (tertiary/aromatic N) is 2. The molecule has 0 aliphatic rings. The molecule has 7 nitrogen and oxygen atoms in total. The van der Waals surface area contributed by atoms with Crippen molar-refractivity contribution in [3.05, 3.63) is 35.5 Å². The molecule has 1 amide bonds. The largest absolute Gasteiger partial charge is 0.493 e. The second kappa shape index (κ2) is 7.84. The second-order valence-corrected chi connectivity index (χ2v) is 7.15. The van der Waals surface area contributed by atoms with Gasteiger partial charge in [-0.2, -0.15) is 0 Å². The number of benzene rings is 1. The summed E-state index contributed by atoms with van der Waals surface area (Å²) in [6.45, 7) is 1.80. The molecule has 2 aromatic heterocycles. The third-order valence-electron chi connectivity index (χ3n) is 3.59. The summed E-state index contributed by atoms with van der Waals surface area (Å²) in [7, 11) is 3.11. The SMILES string of the molecule is COc1ccc(NC(=O)[C@H](C)Sc2nc3ncc(Cl)cc3[nH]2)cc1OC. The minimum absolute atomic E-state index is 0.159. The summed E-state index contributed by atoms with van der Waals surface area (Å²) >= 11 is 7.22. The highest BCUT2D eigenvalue weighted by Crippen LogP contribution is 2.30. The van der Waals surface area contributed by atoms with E-state index in [0.29, 0.717) is 33.0 Å². The molecule has 0 saturated carbocycles. The Morgan fingerprint density at radius 3 is 2.77 bits per heavy atom. The predicted octanol–water partition coefficient (Wildman–Crippen LogP) is 3.75. The van der Waals surface area contributed by atoms with Gasteiger partial charge in [0.1, 0.15) is 0 Å². The third-order valence-corrected chi connectivity index (χ3v) is 4.78. The van der Waals surface area contributed by atoms with Crippen LogP contribution in [0.1, 0.15) is 6.92 Å². The number of halogens is 1. The van der Waals surface area contributed by atoms with Gasteiger partial charge in [0, 0.05) is 18.0 Å². The van der Waals surface area contributed by atoms with Crippen LogP contribution in [0.25, 0.3) is 11.2 Å². The number of pyridine rings is 1. The summed E-state index contributed by atoms with van der Waals surface area (Å²) in [5.74, 6) is 0.987. The van der Waals surface area contributed by atoms with E-state index in [4.69, 9.17) is 21.1 Å². The number of fused-ring (bicyclic) bond motifs is 1. The van der Waals surface area contributed by atoms with Crippen LogP contribution in [0.5, 0.6) is 11.5 Å². The standard InChI is InChI=1S/C17H17ClN4O3S/c1-9(26-17-21-12-6-10(18)8-19-15(12)22-17)16(23)20-11-4-5-13(24-2)14(7-11)25-3/h4-9H,1-3H3,(H,20,23)(H,19,21,22)/t9-/m0/s1. The van der Waals surface area contributed by atoms with Gasteiger partial charge in [0.25, 0.3) is 0 Å². The number of amides is 1. The molecule has 136 valence electrons. The second-order valence-electron chi connectivity index (χ2n) is 5.39. The normalized spacial score (nSPS) is 12.0. The smallest absolute Gasteiger partial charge is 0.237 e. The van der Waals surface area contributed by atoms with Crippen molar-refractivity contribution in [3.63, 3.8) is 0 Å². The van der Waals surface area contributed by atoms with Gasteiger partial charge in [-0.25, -0.2) is 9.97 Å². The zero-order valence-corrected chi connectivity index (χ0v) is 15.9. The molecule has 2 heterocycles. The quantitative estimate of drug-likeness (QED) is 0.621. The fourth-order valence-electron chi connectivity index (χ4n) is 2.29. The monoisotopic (exact) mass is 392 g/mol. The Hall–Kier alpha value is -2.45. The van der Waals surface area contributed by atoms with Gasteiger partial charge in [0.2, 0.25) is 5.91 Å². The summed E-state index contributed by atoms with van der Waals surface area (Å²) in [6, 6.07) is 6.95. The number of carbonyl (C=O) groups excluding carboxylic acids is 1. The number of thioether (sulfide) groups is 1. The molecule has 0 fully saturated rings. The van der Waals surface area contributed by atoms with Crippen LogP contribution >= 0.6 is 23.4 Å². The first-order valence-electron chi connectivity index (χ1n) is 7.71. The van der Waals surface area contributed by atoms with E-state index in [1.165, 1.54) is 18.0 Å². The van der Waals surface area contributed by atoms with Crippen LogP contribution in [0.4, 0.5) is 5.69 Å². The minimum atomic E-state index is -0.376. The van der Waals surface area contributed by atoms with E-state index in [2.05, 4.69) is 20.3 Å². The molecule has 0 saturated heterocycles. The molecular formula is C17H17ClN4O3S. The Balaban J connectivity index is 1.69. The number of H-pyrrole nitrogens is 1. The third kappa shape index (κ3) is 4.03. The van der Waals surface area contributed by atoms with Crippen molar-refractivity contribution in [1.82, 2.24) is 15.0 Å². The summed E-state index contributed by atoms with van der Waals surface area (Å²) in [4.78, 5) is 24.1. The Morgan fingerprint density at radius 2 is 2.04 bits per heavy atom. The topological polar surface area (TPSA) is 89.1 Å². The summed E-state index contributed by atoms with van der Waals surface area (Å²) in [5, 5.41) is 3.61. The predicted molar refractivity (Wildman–Crippen MR) is 102 cm³/mol. The molecule has 3 aromatic rings. The first kappa shape index (κ1) is 18.3. The lowest BCUT2D eigenvalue weighted by atomic mass is 10.2. The molecule has 0 radical (unpaired) electrons. The van der Waals surface area contributed by atoms with E-state index in [1.54, 1.807) is 45.4 Å². The van der Waals surface area contributed by atoms with Gasteiger partial charge < -0.3 is 19.8 Å². The van der Waals surface area contributed by atoms with E-state index < -0.39 is 0 Å². The zero-order valence-electron chi connectivity index (χ0n) is 14.4. The molecule has 26 heavy (non-hydrogen) atoms. The van der Waals surface area contributed by atoms with Gasteiger partial charge in [-0.1, -0.05) is 23.4 Å². The van der Waals surface area contributed by atoms with E-state index in [9.17, 15) is 4.79 Å². The number of aromatic amines is 1. The van der Waals surface area contributed by atoms with Gasteiger partial charge in [0.05, 0.1) is 30.0 Å². The molecule has 1 atom stereocenters. The van der Waals surface area contributed by atoms with Crippen LogP contribution in [0.2, 0.25) is 5.02 Å². The molecule has 3 rings (SSSR count). The van der Waals surface area contributed by atoms with Crippen molar-refractivity contribution in [2.24, 2.45) is 0 Å². The fourth-order valence-corrected chi connectivity index (χ4v) is 3.25. The Kier molecular flexibility index (Phi) is 5.53. The molecule has 0 aliphatic heterocycles. The van der Waals surface area contributed by atoms with Crippen LogP contribution in [0, 0.1) is 0 Å². The van der Waals surface area contributed by atoms with Crippen molar-refractivity contribution < 1.29 is 14.3 Å². The lowest BCUT2D eigenvalue weighted by Gasteiger charge is -2.13. The van der Waals surface area contributed by atoms with Gasteiger partial charge in [0.15, 0.2) is 22.3 Å². The molecule has 0 aliphatic carbocycles. The van der Waals surface area contributed by atoms with Crippen LogP contribution in [-0.2, 0) is 4.79 Å². The van der Waals surface area contributed by atoms with Crippen molar-refractivity contribution in [2.45, 2.75) is 17.3 Å². The highest BCUT2D eigenvalue weighted by molar-refractivity contribution is 8.00. The molecule has 2 N–H and O–H groups in total. The number of carbonyl (C=O) groups is 1. The van der Waals surface area contributed by atoms with Crippen LogP contribution in [-0.4, -0.2) is 40.3 Å². The molecule has 1 aromatic carbocycles. The number of methoxy groups -OCH3 is 2. The fraction of sp³-hybridized carbons (Fsp3) is 0.235. The molecule has 0 unspecified atom stereocenters. The number of ether oxygens (including phenoxy) is 2. The summed E-state index contributed by atoms with van der Waals surface area (Å²) < 4.78 is 10.4. The molecule has 0 spiro atoms. The first-order valence-corrected chi connectivity index (χ1v) is 8.96. The zero-order chi connectivity index (χ0) is 18.7. The highest BCUT2D eigenvalue weighted by atomic mass is 35.5. The lowest BCUT2D eigenvalue weighted by Crippen LogP contribution is -2.22. The first-order chi connectivity index (χ1) is 12.5. The number of aromatic nitrogens is 3. The number of imidazole rings is 1. The van der Waals surface area contributed by atoms with Crippen LogP contribution in [0.15, 0.2) is 35.6 Å². The van der Waals surface area contributed by atoms with E-state index in [-0.39, 0.29) is 11.2 Å². The van der Waals surface area contributed by atoms with Gasteiger partial charge in [-0.15, -0.1) is 0 Å². The van der Waals surface area contributed by atoms with Gasteiger partial charge >= 0.3 is 0 Å². The van der Waals surface area contributed by atoms with Crippen molar-refractivity contribution in [3.8, 4) is 11.5 Å². The molecular weight excluding hydrogens is 376 g/mol. The minimum Gasteiger partial charge on any atom is -0.493 e. The molecule has 9 heteroatoms. The maximum atomic E-state index is 12.5. The Morgan fingerprint density at radius 1 is 1.27 bits per heavy atom. The maximum Gasteiger partial charge on any atom is 0.237 e. The number of hydrogen-bond donors (Lipinski definition) is 2. The van der Waals surface area contributed by atoms with Crippen LogP contribution in [0.3, 0.4) is 0 Å². The summed E-state index contributed by atoms with van der Waals surface area (Å²) in [6.07, 6.45) is 1.53. The van der Waals surface area contributed by atoms with Crippen molar-refractivity contribution >= 4 is 46.1 Å². The number of rotatable bonds is 6. The van der Waals surface area contributed by atoms with Crippen molar-refractivity contribution in [2.75, 3.05) is 19.5 Å². The number of nitrogens with one attached hydrogen (secondary N) is 2. The van der Waals surface area contributed by atoms with Crippen molar-refractivity contribution in [1.29, 1.82) is 0 Å². The average molecular weight is 393 g/mol. The average Bonchev–Trinajstić information content (AvgIpc) is 3.02. The Labute approximate surface area is 159 Å². The van der Waals surface area contributed by atoms with E-state index >= 15 is 0 Å². The highest BCUT2D eigenvalue weighted by Gasteiger charge is 2.18. The maximum absolute atomic E-state index is 12.5. The van der Waals surface area contributed by atoms with E-state index in [1.807, 2.05) is 0 Å². The number of hydrogen-bond acceptors (Lipinski definition) is 6. The van der Waals surface area contributed by atoms with Crippen LogP contribution < -0.4 is 14.8 Å². The number of anilines is 1. The lowest BCUT2D eigenvalue weighted by molar-refractivity contribution is -0.115. The Bertz CT molecular complexity index is 947. The molecule has 0 bridgehead atoms. The summed E-state index contributed by atoms with van der Waals surface area (Å²) in [5.41, 5.74) is 1.91. The van der Waals surface area contributed by atoms with E-state index in [0.717, 1.165) is 5.52 Å².